The van der Waals surface area contributed by atoms with E-state index >= 15 is 0 Å². The standard InChI is InChI=1S/C12H22N2O7/c1-4(15)7(9(17)5(2)16)13-14-8-11(19)10(18)6(3)21-12(8)20/h4,6-8,10-15,18-20H,1-3H3/t4-,6-,7+,8-,10+,11-,12?/m1/s1. The number of hydrazine groups is 1. The Hall–Kier alpha value is -0.940. The predicted octanol–water partition coefficient (Wildman–Crippen LogP) is -3.18. The van der Waals surface area contributed by atoms with Gasteiger partial charge in [0.15, 0.2) is 12.1 Å². The number of nitrogens with one attached hydrogen (secondary N) is 2. The van der Waals surface area contributed by atoms with Crippen molar-refractivity contribution in [3.05, 3.63) is 0 Å². The average molecular weight is 306 g/mol. The monoisotopic (exact) mass is 306 g/mol. The fourth-order valence-corrected chi connectivity index (χ4v) is 2.01. The van der Waals surface area contributed by atoms with E-state index in [2.05, 4.69) is 10.9 Å². The maximum Gasteiger partial charge on any atom is 0.218 e. The van der Waals surface area contributed by atoms with Gasteiger partial charge in [0.1, 0.15) is 24.3 Å². The molecular formula is C12H22N2O7. The van der Waals surface area contributed by atoms with Crippen LogP contribution in [0.15, 0.2) is 0 Å². The fourth-order valence-electron chi connectivity index (χ4n) is 2.01. The molecule has 1 unspecified atom stereocenters. The molecule has 6 N–H and O–H groups in total. The minimum atomic E-state index is -1.44. The molecule has 9 nitrogen and oxygen atoms in total. The van der Waals surface area contributed by atoms with E-state index in [1.165, 1.54) is 13.8 Å². The fraction of sp³-hybridized carbons (Fsp3) is 0.833. The number of carbonyl (C=O) groups excluding carboxylic acids is 2. The number of aliphatic hydroxyl groups is 4. The first-order valence-electron chi connectivity index (χ1n) is 6.60. The summed E-state index contributed by atoms with van der Waals surface area (Å²) in [6, 6.07) is -2.39. The molecule has 1 heterocycles. The average Bonchev–Trinajstić information content (AvgIpc) is 2.39. The summed E-state index contributed by atoms with van der Waals surface area (Å²) in [5, 5.41) is 38.8. The Kier molecular flexibility index (Phi) is 6.35. The van der Waals surface area contributed by atoms with Gasteiger partial charge in [-0.2, -0.15) is 0 Å². The molecule has 0 saturated carbocycles. The van der Waals surface area contributed by atoms with Gasteiger partial charge in [-0.05, 0) is 13.8 Å². The Morgan fingerprint density at radius 2 is 1.76 bits per heavy atom. The quantitative estimate of drug-likeness (QED) is 0.220. The van der Waals surface area contributed by atoms with Gasteiger partial charge in [-0.3, -0.25) is 9.59 Å². The van der Waals surface area contributed by atoms with Crippen LogP contribution in [0.3, 0.4) is 0 Å². The molecule has 1 aliphatic heterocycles. The summed E-state index contributed by atoms with van der Waals surface area (Å²) in [5.74, 6) is -1.60. The highest BCUT2D eigenvalue weighted by Crippen LogP contribution is 2.19. The van der Waals surface area contributed by atoms with E-state index in [4.69, 9.17) is 4.74 Å². The van der Waals surface area contributed by atoms with E-state index in [-0.39, 0.29) is 0 Å². The van der Waals surface area contributed by atoms with Gasteiger partial charge < -0.3 is 25.2 Å². The van der Waals surface area contributed by atoms with Crippen molar-refractivity contribution in [3.8, 4) is 0 Å². The Labute approximate surface area is 121 Å². The topological polar surface area (TPSA) is 148 Å². The molecule has 7 atom stereocenters. The number of hydrogen-bond acceptors (Lipinski definition) is 9. The number of aliphatic hydroxyl groups excluding tert-OH is 4. The zero-order valence-corrected chi connectivity index (χ0v) is 12.1. The van der Waals surface area contributed by atoms with Gasteiger partial charge in [-0.15, -0.1) is 0 Å². The second-order valence-corrected chi connectivity index (χ2v) is 5.17. The first-order valence-corrected chi connectivity index (χ1v) is 6.60. The number of Topliss-reactive ketones (excluding diaryl/α,β-unsaturated/α-hetero) is 2. The summed E-state index contributed by atoms with van der Waals surface area (Å²) in [6.07, 6.45) is -5.98. The normalized spacial score (nSPS) is 36.0. The van der Waals surface area contributed by atoms with Crippen molar-refractivity contribution in [3.63, 3.8) is 0 Å². The largest absolute Gasteiger partial charge is 0.391 e. The third-order valence-electron chi connectivity index (χ3n) is 3.38. The first kappa shape index (κ1) is 18.1. The van der Waals surface area contributed by atoms with Gasteiger partial charge in [0.05, 0.1) is 12.2 Å². The van der Waals surface area contributed by atoms with Crippen LogP contribution in [0.4, 0.5) is 0 Å². The number of ether oxygens (including phenoxy) is 1. The number of carbonyl (C=O) groups is 2. The highest BCUT2D eigenvalue weighted by molar-refractivity contribution is 6.38. The molecule has 122 valence electrons. The molecule has 9 heteroatoms. The number of hydrogen-bond donors (Lipinski definition) is 6. The number of ketones is 2. The van der Waals surface area contributed by atoms with Gasteiger partial charge in [-0.1, -0.05) is 0 Å². The molecule has 0 radical (unpaired) electrons. The summed E-state index contributed by atoms with van der Waals surface area (Å²) in [7, 11) is 0. The first-order chi connectivity index (χ1) is 9.66. The molecule has 1 saturated heterocycles. The summed E-state index contributed by atoms with van der Waals surface area (Å²) in [6.45, 7) is 3.86. The Bertz CT molecular complexity index is 390. The van der Waals surface area contributed by atoms with Crippen LogP contribution >= 0.6 is 0 Å². The van der Waals surface area contributed by atoms with Crippen LogP contribution in [0.25, 0.3) is 0 Å². The molecule has 0 aliphatic carbocycles. The van der Waals surface area contributed by atoms with Crippen LogP contribution in [0, 0.1) is 0 Å². The lowest BCUT2D eigenvalue weighted by Crippen LogP contribution is -2.67. The maximum atomic E-state index is 11.6. The van der Waals surface area contributed by atoms with Gasteiger partial charge >= 0.3 is 0 Å². The smallest absolute Gasteiger partial charge is 0.218 e. The van der Waals surface area contributed by atoms with Crippen LogP contribution in [-0.2, 0) is 14.3 Å². The lowest BCUT2D eigenvalue weighted by molar-refractivity contribution is -0.245. The molecule has 0 aromatic carbocycles. The third kappa shape index (κ3) is 4.27. The summed E-state index contributed by atoms with van der Waals surface area (Å²) < 4.78 is 5.01. The zero-order chi connectivity index (χ0) is 16.3. The Balaban J connectivity index is 2.71. The van der Waals surface area contributed by atoms with Crippen molar-refractivity contribution >= 4 is 11.6 Å². The Morgan fingerprint density at radius 1 is 1.19 bits per heavy atom. The molecule has 21 heavy (non-hydrogen) atoms. The van der Waals surface area contributed by atoms with E-state index in [0.29, 0.717) is 0 Å². The van der Waals surface area contributed by atoms with Crippen molar-refractivity contribution in [1.29, 1.82) is 0 Å². The zero-order valence-electron chi connectivity index (χ0n) is 12.1. The van der Waals surface area contributed by atoms with Crippen molar-refractivity contribution in [2.45, 2.75) is 63.6 Å². The second kappa shape index (κ2) is 7.36. The lowest BCUT2D eigenvalue weighted by atomic mass is 9.98. The minimum absolute atomic E-state index is 0.746. The maximum absolute atomic E-state index is 11.6. The van der Waals surface area contributed by atoms with Crippen molar-refractivity contribution in [2.75, 3.05) is 0 Å². The van der Waals surface area contributed by atoms with Gasteiger partial charge in [-0.25, -0.2) is 10.9 Å². The molecule has 0 aromatic rings. The lowest BCUT2D eigenvalue weighted by Gasteiger charge is -2.40. The van der Waals surface area contributed by atoms with E-state index in [0.717, 1.165) is 6.92 Å². The molecular weight excluding hydrogens is 284 g/mol. The van der Waals surface area contributed by atoms with Crippen LogP contribution in [-0.4, -0.2) is 74.8 Å². The van der Waals surface area contributed by atoms with E-state index in [9.17, 15) is 30.0 Å². The highest BCUT2D eigenvalue weighted by Gasteiger charge is 2.42. The van der Waals surface area contributed by atoms with Gasteiger partial charge in [0.25, 0.3) is 0 Å². The Morgan fingerprint density at radius 3 is 2.24 bits per heavy atom. The molecule has 1 aliphatic rings. The second-order valence-electron chi connectivity index (χ2n) is 5.17. The van der Waals surface area contributed by atoms with Crippen LogP contribution < -0.4 is 10.9 Å². The van der Waals surface area contributed by atoms with E-state index in [1.54, 1.807) is 0 Å². The van der Waals surface area contributed by atoms with Crippen molar-refractivity contribution in [2.24, 2.45) is 0 Å². The predicted molar refractivity (Wildman–Crippen MR) is 69.8 cm³/mol. The molecule has 0 amide bonds. The van der Waals surface area contributed by atoms with Crippen LogP contribution in [0.2, 0.25) is 0 Å². The van der Waals surface area contributed by atoms with Gasteiger partial charge in [0, 0.05) is 6.92 Å². The van der Waals surface area contributed by atoms with Crippen LogP contribution in [0.1, 0.15) is 20.8 Å². The van der Waals surface area contributed by atoms with Crippen LogP contribution in [0.5, 0.6) is 0 Å². The molecule has 0 spiro atoms. The molecule has 0 bridgehead atoms. The van der Waals surface area contributed by atoms with E-state index in [1.807, 2.05) is 0 Å². The van der Waals surface area contributed by atoms with E-state index < -0.39 is 54.4 Å². The number of rotatable bonds is 6. The molecule has 1 rings (SSSR count). The van der Waals surface area contributed by atoms with Crippen molar-refractivity contribution in [1.82, 2.24) is 10.9 Å². The summed E-state index contributed by atoms with van der Waals surface area (Å²) >= 11 is 0. The molecule has 1 fully saturated rings. The SMILES string of the molecule is CC(=O)C(=O)[C@@H](NN[C@H]1C(O)O[C@H](C)[C@H](O)[C@@H]1O)[C@@H](C)O. The third-order valence-corrected chi connectivity index (χ3v) is 3.38. The minimum Gasteiger partial charge on any atom is -0.391 e. The summed E-state index contributed by atoms with van der Waals surface area (Å²) in [5.41, 5.74) is 4.81. The van der Waals surface area contributed by atoms with Gasteiger partial charge in [0.2, 0.25) is 5.78 Å². The highest BCUT2D eigenvalue weighted by atomic mass is 16.6. The molecule has 0 aromatic heterocycles. The summed E-state index contributed by atoms with van der Waals surface area (Å²) in [4.78, 5) is 22.7. The van der Waals surface area contributed by atoms with Crippen molar-refractivity contribution < 1.29 is 34.8 Å².